The molecule has 1 aliphatic rings. The molecule has 0 spiro atoms. The van der Waals surface area contributed by atoms with Crippen LogP contribution in [0.3, 0.4) is 0 Å². The summed E-state index contributed by atoms with van der Waals surface area (Å²) in [6.07, 6.45) is 1.07. The number of nitrogens with two attached hydrogens (primary N) is 1. The second-order valence-corrected chi connectivity index (χ2v) is 7.17. The SMILES string of the molecule is CC1CC(C)CN(S(=O)(=O)Nc2cccc(N)c2)C1. The molecule has 106 valence electrons. The molecule has 1 saturated heterocycles. The van der Waals surface area contributed by atoms with Gasteiger partial charge in [0.05, 0.1) is 5.69 Å². The smallest absolute Gasteiger partial charge is 0.301 e. The number of nitrogen functional groups attached to an aromatic ring is 1. The van der Waals surface area contributed by atoms with Crippen LogP contribution in [-0.4, -0.2) is 25.8 Å². The largest absolute Gasteiger partial charge is 0.399 e. The molecule has 0 bridgehead atoms. The first-order valence-corrected chi connectivity index (χ1v) is 7.94. The summed E-state index contributed by atoms with van der Waals surface area (Å²) in [6.45, 7) is 5.31. The van der Waals surface area contributed by atoms with Crippen LogP contribution < -0.4 is 10.5 Å². The van der Waals surface area contributed by atoms with Crippen LogP contribution >= 0.6 is 0 Å². The van der Waals surface area contributed by atoms with E-state index in [2.05, 4.69) is 18.6 Å². The molecule has 2 atom stereocenters. The van der Waals surface area contributed by atoms with Crippen molar-refractivity contribution in [3.63, 3.8) is 0 Å². The zero-order valence-corrected chi connectivity index (χ0v) is 12.2. The summed E-state index contributed by atoms with van der Waals surface area (Å²) in [5, 5.41) is 0. The lowest BCUT2D eigenvalue weighted by atomic mass is 9.94. The number of hydrogen-bond donors (Lipinski definition) is 2. The van der Waals surface area contributed by atoms with Crippen molar-refractivity contribution in [3.05, 3.63) is 24.3 Å². The molecule has 0 aromatic heterocycles. The number of nitrogens with zero attached hydrogens (tertiary/aromatic N) is 1. The Morgan fingerprint density at radius 2 is 1.89 bits per heavy atom. The maximum absolute atomic E-state index is 12.3. The van der Waals surface area contributed by atoms with Gasteiger partial charge in [-0.3, -0.25) is 4.72 Å². The Bertz CT molecular complexity index is 535. The van der Waals surface area contributed by atoms with Gasteiger partial charge in [0, 0.05) is 18.8 Å². The monoisotopic (exact) mass is 283 g/mol. The van der Waals surface area contributed by atoms with Crippen LogP contribution in [0.2, 0.25) is 0 Å². The fraction of sp³-hybridized carbons (Fsp3) is 0.538. The van der Waals surface area contributed by atoms with Gasteiger partial charge in [-0.05, 0) is 36.5 Å². The van der Waals surface area contributed by atoms with Crippen molar-refractivity contribution in [1.82, 2.24) is 4.31 Å². The Morgan fingerprint density at radius 3 is 2.47 bits per heavy atom. The van der Waals surface area contributed by atoms with Crippen LogP contribution in [0, 0.1) is 11.8 Å². The molecule has 1 heterocycles. The highest BCUT2D eigenvalue weighted by Crippen LogP contribution is 2.24. The standard InChI is InChI=1S/C13H21N3O2S/c1-10-6-11(2)9-16(8-10)19(17,18)15-13-5-3-4-12(14)7-13/h3-5,7,10-11,15H,6,8-9,14H2,1-2H3. The van der Waals surface area contributed by atoms with Crippen molar-refractivity contribution in [2.24, 2.45) is 11.8 Å². The van der Waals surface area contributed by atoms with Crippen molar-refractivity contribution in [2.75, 3.05) is 23.5 Å². The Balaban J connectivity index is 2.14. The van der Waals surface area contributed by atoms with Gasteiger partial charge in [-0.2, -0.15) is 12.7 Å². The fourth-order valence-corrected chi connectivity index (χ4v) is 4.07. The predicted octanol–water partition coefficient (Wildman–Crippen LogP) is 1.90. The normalized spacial score (nSPS) is 25.2. The summed E-state index contributed by atoms with van der Waals surface area (Å²) in [5.74, 6) is 0.780. The minimum atomic E-state index is -3.49. The number of anilines is 2. The Hall–Kier alpha value is -1.27. The van der Waals surface area contributed by atoms with Gasteiger partial charge in [0.15, 0.2) is 0 Å². The lowest BCUT2D eigenvalue weighted by Crippen LogP contribution is -2.45. The van der Waals surface area contributed by atoms with Crippen LogP contribution in [0.25, 0.3) is 0 Å². The van der Waals surface area contributed by atoms with Gasteiger partial charge in [0.25, 0.3) is 0 Å². The van der Waals surface area contributed by atoms with Gasteiger partial charge < -0.3 is 5.73 Å². The van der Waals surface area contributed by atoms with Gasteiger partial charge in [-0.15, -0.1) is 0 Å². The molecule has 3 N–H and O–H groups in total. The third kappa shape index (κ3) is 3.61. The predicted molar refractivity (Wildman–Crippen MR) is 77.9 cm³/mol. The number of rotatable bonds is 3. The van der Waals surface area contributed by atoms with Crippen LogP contribution in [0.5, 0.6) is 0 Å². The number of benzene rings is 1. The van der Waals surface area contributed by atoms with Gasteiger partial charge in [0.1, 0.15) is 0 Å². The van der Waals surface area contributed by atoms with Crippen molar-refractivity contribution in [3.8, 4) is 0 Å². The quantitative estimate of drug-likeness (QED) is 0.832. The summed E-state index contributed by atoms with van der Waals surface area (Å²) < 4.78 is 28.8. The molecule has 2 unspecified atom stereocenters. The van der Waals surface area contributed by atoms with Crippen molar-refractivity contribution >= 4 is 21.6 Å². The average Bonchev–Trinajstić information content (AvgIpc) is 2.26. The van der Waals surface area contributed by atoms with Crippen molar-refractivity contribution in [1.29, 1.82) is 0 Å². The van der Waals surface area contributed by atoms with E-state index >= 15 is 0 Å². The maximum Gasteiger partial charge on any atom is 0.301 e. The second-order valence-electron chi connectivity index (χ2n) is 5.50. The van der Waals surface area contributed by atoms with E-state index in [-0.39, 0.29) is 0 Å². The molecule has 5 nitrogen and oxygen atoms in total. The molecule has 0 saturated carbocycles. The molecule has 19 heavy (non-hydrogen) atoms. The van der Waals surface area contributed by atoms with E-state index < -0.39 is 10.2 Å². The zero-order chi connectivity index (χ0) is 14.0. The summed E-state index contributed by atoms with van der Waals surface area (Å²) in [6, 6.07) is 6.77. The fourth-order valence-electron chi connectivity index (χ4n) is 2.62. The van der Waals surface area contributed by atoms with Crippen molar-refractivity contribution < 1.29 is 8.42 Å². The van der Waals surface area contributed by atoms with Crippen molar-refractivity contribution in [2.45, 2.75) is 20.3 Å². The summed E-state index contributed by atoms with van der Waals surface area (Å²) in [7, 11) is -3.49. The Kier molecular flexibility index (Phi) is 4.01. The van der Waals surface area contributed by atoms with E-state index in [1.54, 1.807) is 24.3 Å². The van der Waals surface area contributed by atoms with Gasteiger partial charge in [0.2, 0.25) is 0 Å². The lowest BCUT2D eigenvalue weighted by molar-refractivity contribution is 0.223. The molecule has 1 fully saturated rings. The molecule has 6 heteroatoms. The zero-order valence-electron chi connectivity index (χ0n) is 11.3. The van der Waals surface area contributed by atoms with E-state index in [0.29, 0.717) is 36.3 Å². The van der Waals surface area contributed by atoms with E-state index in [1.165, 1.54) is 4.31 Å². The van der Waals surface area contributed by atoms with Gasteiger partial charge in [-0.25, -0.2) is 0 Å². The van der Waals surface area contributed by atoms with Gasteiger partial charge >= 0.3 is 10.2 Å². The minimum Gasteiger partial charge on any atom is -0.399 e. The van der Waals surface area contributed by atoms with Crippen LogP contribution in [0.15, 0.2) is 24.3 Å². The van der Waals surface area contributed by atoms with E-state index in [4.69, 9.17) is 5.73 Å². The van der Waals surface area contributed by atoms with Gasteiger partial charge in [-0.1, -0.05) is 19.9 Å². The average molecular weight is 283 g/mol. The van der Waals surface area contributed by atoms with Crippen LogP contribution in [0.1, 0.15) is 20.3 Å². The highest BCUT2D eigenvalue weighted by Gasteiger charge is 2.30. The number of nitrogens with one attached hydrogen (secondary N) is 1. The molecule has 0 radical (unpaired) electrons. The third-order valence-electron chi connectivity index (χ3n) is 3.31. The first-order chi connectivity index (χ1) is 8.87. The van der Waals surface area contributed by atoms with Crippen LogP contribution in [0.4, 0.5) is 11.4 Å². The first kappa shape index (κ1) is 14.1. The molecule has 1 aromatic rings. The third-order valence-corrected chi connectivity index (χ3v) is 4.78. The molecule has 0 aliphatic carbocycles. The van der Waals surface area contributed by atoms with Crippen LogP contribution in [-0.2, 0) is 10.2 Å². The molecule has 0 amide bonds. The molecule has 2 rings (SSSR count). The van der Waals surface area contributed by atoms with E-state index in [9.17, 15) is 8.42 Å². The Labute approximate surface area is 115 Å². The molecule has 1 aliphatic heterocycles. The number of piperidine rings is 1. The maximum atomic E-state index is 12.3. The first-order valence-electron chi connectivity index (χ1n) is 6.50. The molecular formula is C13H21N3O2S. The second kappa shape index (κ2) is 5.38. The van der Waals surface area contributed by atoms with E-state index in [1.807, 2.05) is 0 Å². The highest BCUT2D eigenvalue weighted by atomic mass is 32.2. The Morgan fingerprint density at radius 1 is 1.26 bits per heavy atom. The molecular weight excluding hydrogens is 262 g/mol. The molecule has 1 aromatic carbocycles. The number of hydrogen-bond acceptors (Lipinski definition) is 3. The summed E-state index contributed by atoms with van der Waals surface area (Å²) in [4.78, 5) is 0. The van der Waals surface area contributed by atoms with E-state index in [0.717, 1.165) is 6.42 Å². The minimum absolute atomic E-state index is 0.390. The summed E-state index contributed by atoms with van der Waals surface area (Å²) in [5.41, 5.74) is 6.70. The lowest BCUT2D eigenvalue weighted by Gasteiger charge is -2.34. The summed E-state index contributed by atoms with van der Waals surface area (Å²) >= 11 is 0. The topological polar surface area (TPSA) is 75.4 Å². The highest BCUT2D eigenvalue weighted by molar-refractivity contribution is 7.90.